The molecular weight excluding hydrogens is 112 g/mol. The van der Waals surface area contributed by atoms with E-state index in [1.807, 2.05) is 13.0 Å². The lowest BCUT2D eigenvalue weighted by atomic mass is 10.2. The molecule has 0 aromatic carbocycles. The standard InChI is InChI=1S/C8H12O/c1-3-8(2)6-4-5-7-9/h3,6-7H,1,4-5H2,2H3/b8-6+. The minimum Gasteiger partial charge on any atom is -0.303 e. The Morgan fingerprint density at radius 1 is 1.56 bits per heavy atom. The summed E-state index contributed by atoms with van der Waals surface area (Å²) in [4.78, 5) is 9.82. The first-order valence-corrected chi connectivity index (χ1v) is 3.04. The Bertz CT molecular complexity index is 123. The maximum absolute atomic E-state index is 9.82. The van der Waals surface area contributed by atoms with Crippen molar-refractivity contribution in [2.24, 2.45) is 0 Å². The lowest BCUT2D eigenvalue weighted by Crippen LogP contribution is -1.72. The normalized spacial score (nSPS) is 11.0. The summed E-state index contributed by atoms with van der Waals surface area (Å²) in [6.07, 6.45) is 6.16. The van der Waals surface area contributed by atoms with Crippen LogP contribution in [0.4, 0.5) is 0 Å². The number of hydrogen-bond acceptors (Lipinski definition) is 1. The first kappa shape index (κ1) is 8.15. The smallest absolute Gasteiger partial charge is 0.120 e. The van der Waals surface area contributed by atoms with Crippen molar-refractivity contribution >= 4 is 6.29 Å². The molecule has 0 heterocycles. The minimum absolute atomic E-state index is 0.616. The molecule has 0 bridgehead atoms. The lowest BCUT2D eigenvalue weighted by Gasteiger charge is -1.86. The molecule has 0 aromatic heterocycles. The molecule has 0 radical (unpaired) electrons. The second kappa shape index (κ2) is 5.29. The van der Waals surface area contributed by atoms with Crippen molar-refractivity contribution in [3.8, 4) is 0 Å². The summed E-state index contributed by atoms with van der Waals surface area (Å²) >= 11 is 0. The van der Waals surface area contributed by atoms with Crippen molar-refractivity contribution in [1.29, 1.82) is 0 Å². The van der Waals surface area contributed by atoms with Crippen LogP contribution in [0.1, 0.15) is 19.8 Å². The van der Waals surface area contributed by atoms with Crippen LogP contribution in [0.2, 0.25) is 0 Å². The van der Waals surface area contributed by atoms with Gasteiger partial charge >= 0.3 is 0 Å². The third-order valence-electron chi connectivity index (χ3n) is 1.07. The molecule has 1 nitrogen and oxygen atoms in total. The number of carbonyl (C=O) groups excluding carboxylic acids is 1. The van der Waals surface area contributed by atoms with Gasteiger partial charge in [-0.25, -0.2) is 0 Å². The van der Waals surface area contributed by atoms with Crippen LogP contribution in [0.25, 0.3) is 0 Å². The van der Waals surface area contributed by atoms with Gasteiger partial charge < -0.3 is 4.79 Å². The fourth-order valence-electron chi connectivity index (χ4n) is 0.462. The number of allylic oxidation sites excluding steroid dienone is 3. The van der Waals surface area contributed by atoms with E-state index in [1.54, 1.807) is 6.08 Å². The van der Waals surface area contributed by atoms with E-state index in [1.165, 1.54) is 0 Å². The van der Waals surface area contributed by atoms with Gasteiger partial charge in [0.15, 0.2) is 0 Å². The first-order chi connectivity index (χ1) is 4.31. The Labute approximate surface area is 56.1 Å². The van der Waals surface area contributed by atoms with E-state index in [0.717, 1.165) is 18.3 Å². The van der Waals surface area contributed by atoms with E-state index in [0.29, 0.717) is 6.42 Å². The molecular formula is C8H12O. The summed E-state index contributed by atoms with van der Waals surface area (Å²) in [7, 11) is 0. The van der Waals surface area contributed by atoms with Gasteiger partial charge in [0.1, 0.15) is 6.29 Å². The maximum Gasteiger partial charge on any atom is 0.120 e. The summed E-state index contributed by atoms with van der Waals surface area (Å²) < 4.78 is 0. The number of hydrogen-bond donors (Lipinski definition) is 0. The van der Waals surface area contributed by atoms with Crippen LogP contribution in [-0.2, 0) is 4.79 Å². The van der Waals surface area contributed by atoms with Crippen molar-refractivity contribution in [1.82, 2.24) is 0 Å². The van der Waals surface area contributed by atoms with Crippen molar-refractivity contribution in [3.63, 3.8) is 0 Å². The highest BCUT2D eigenvalue weighted by Gasteiger charge is 1.79. The fourth-order valence-corrected chi connectivity index (χ4v) is 0.462. The predicted molar refractivity (Wildman–Crippen MR) is 39.3 cm³/mol. The van der Waals surface area contributed by atoms with Crippen LogP contribution < -0.4 is 0 Å². The van der Waals surface area contributed by atoms with Crippen LogP contribution in [-0.4, -0.2) is 6.29 Å². The number of carbonyl (C=O) groups is 1. The quantitative estimate of drug-likeness (QED) is 0.318. The van der Waals surface area contributed by atoms with Gasteiger partial charge in [0.05, 0.1) is 0 Å². The SMILES string of the molecule is C=C/C(C)=C/CCC=O. The van der Waals surface area contributed by atoms with Gasteiger partial charge in [-0.15, -0.1) is 0 Å². The molecule has 0 saturated heterocycles. The molecule has 0 rings (SSSR count). The average molecular weight is 124 g/mol. The molecule has 0 fully saturated rings. The summed E-state index contributed by atoms with van der Waals surface area (Å²) in [6.45, 7) is 5.55. The molecule has 0 saturated carbocycles. The second-order valence-electron chi connectivity index (χ2n) is 1.90. The number of aldehydes is 1. The molecule has 0 unspecified atom stereocenters. The van der Waals surface area contributed by atoms with Gasteiger partial charge in [0.2, 0.25) is 0 Å². The van der Waals surface area contributed by atoms with Crippen molar-refractivity contribution in [2.45, 2.75) is 19.8 Å². The molecule has 1 heteroatoms. The number of unbranched alkanes of at least 4 members (excludes halogenated alkanes) is 1. The molecule has 0 atom stereocenters. The Kier molecular flexibility index (Phi) is 4.79. The highest BCUT2D eigenvalue weighted by Crippen LogP contribution is 1.96. The van der Waals surface area contributed by atoms with E-state index < -0.39 is 0 Å². The van der Waals surface area contributed by atoms with E-state index >= 15 is 0 Å². The van der Waals surface area contributed by atoms with Crippen LogP contribution in [0.3, 0.4) is 0 Å². The van der Waals surface area contributed by atoms with Crippen LogP contribution in [0, 0.1) is 0 Å². The third kappa shape index (κ3) is 5.01. The zero-order valence-electron chi connectivity index (χ0n) is 5.76. The second-order valence-corrected chi connectivity index (χ2v) is 1.90. The monoisotopic (exact) mass is 124 g/mol. The summed E-state index contributed by atoms with van der Waals surface area (Å²) in [5.41, 5.74) is 1.14. The zero-order chi connectivity index (χ0) is 7.11. The van der Waals surface area contributed by atoms with Gasteiger partial charge in [0.25, 0.3) is 0 Å². The van der Waals surface area contributed by atoms with Gasteiger partial charge in [-0.05, 0) is 13.3 Å². The van der Waals surface area contributed by atoms with Crippen LogP contribution in [0.5, 0.6) is 0 Å². The molecule has 0 aromatic rings. The summed E-state index contributed by atoms with van der Waals surface area (Å²) in [6, 6.07) is 0. The van der Waals surface area contributed by atoms with E-state index in [-0.39, 0.29) is 0 Å². The zero-order valence-corrected chi connectivity index (χ0v) is 5.76. The molecule has 0 aliphatic heterocycles. The lowest BCUT2D eigenvalue weighted by molar-refractivity contribution is -0.107. The first-order valence-electron chi connectivity index (χ1n) is 3.04. The fraction of sp³-hybridized carbons (Fsp3) is 0.375. The van der Waals surface area contributed by atoms with Crippen LogP contribution in [0.15, 0.2) is 24.3 Å². The van der Waals surface area contributed by atoms with Crippen molar-refractivity contribution in [3.05, 3.63) is 24.3 Å². The summed E-state index contributed by atoms with van der Waals surface area (Å²) in [5.74, 6) is 0. The third-order valence-corrected chi connectivity index (χ3v) is 1.07. The predicted octanol–water partition coefficient (Wildman–Crippen LogP) is 2.10. The molecule has 0 amide bonds. The van der Waals surface area contributed by atoms with Gasteiger partial charge in [-0.2, -0.15) is 0 Å². The average Bonchev–Trinajstić information content (AvgIpc) is 1.89. The Hall–Kier alpha value is -0.850. The molecule has 0 aliphatic rings. The molecule has 0 aliphatic carbocycles. The van der Waals surface area contributed by atoms with E-state index in [9.17, 15) is 4.79 Å². The largest absolute Gasteiger partial charge is 0.303 e. The minimum atomic E-state index is 0.616. The van der Waals surface area contributed by atoms with Gasteiger partial charge in [-0.3, -0.25) is 0 Å². The van der Waals surface area contributed by atoms with Crippen molar-refractivity contribution < 1.29 is 4.79 Å². The molecule has 9 heavy (non-hydrogen) atoms. The van der Waals surface area contributed by atoms with E-state index in [4.69, 9.17) is 0 Å². The highest BCUT2D eigenvalue weighted by molar-refractivity contribution is 5.49. The topological polar surface area (TPSA) is 17.1 Å². The molecule has 50 valence electrons. The van der Waals surface area contributed by atoms with E-state index in [2.05, 4.69) is 6.58 Å². The van der Waals surface area contributed by atoms with Crippen LogP contribution >= 0.6 is 0 Å². The maximum atomic E-state index is 9.82. The Balaban J connectivity index is 3.42. The van der Waals surface area contributed by atoms with Crippen molar-refractivity contribution in [2.75, 3.05) is 0 Å². The molecule has 0 N–H and O–H groups in total. The van der Waals surface area contributed by atoms with Gasteiger partial charge in [0, 0.05) is 6.42 Å². The summed E-state index contributed by atoms with van der Waals surface area (Å²) in [5, 5.41) is 0. The Morgan fingerprint density at radius 3 is 2.67 bits per heavy atom. The Morgan fingerprint density at radius 2 is 2.22 bits per heavy atom. The molecule has 0 spiro atoms. The highest BCUT2D eigenvalue weighted by atomic mass is 16.1. The van der Waals surface area contributed by atoms with Gasteiger partial charge in [-0.1, -0.05) is 24.3 Å². The number of rotatable bonds is 4.